The zero-order valence-electron chi connectivity index (χ0n) is 28.5. The smallest absolute Gasteiger partial charge is 0.252 e. The minimum absolute atomic E-state index is 0.171. The number of pyridine rings is 2. The molecule has 7 rings (SSSR count). The number of fused-ring (bicyclic) bond motifs is 8. The van der Waals surface area contributed by atoms with E-state index >= 15 is 0 Å². The van der Waals surface area contributed by atoms with Crippen molar-refractivity contribution in [2.24, 2.45) is 0 Å². The van der Waals surface area contributed by atoms with Gasteiger partial charge in [0.1, 0.15) is 0 Å². The van der Waals surface area contributed by atoms with Gasteiger partial charge >= 0.3 is 0 Å². The van der Waals surface area contributed by atoms with Gasteiger partial charge in [-0.15, -0.1) is 0 Å². The number of nitrogens with zero attached hydrogens (tertiary/aromatic N) is 4. The fourth-order valence-electron chi connectivity index (χ4n) is 6.43. The standard InChI is InChI=1S/C40H38N8O2/c1-23-15-30-18-35-25(3)31(9-13-43-39(49)27-7-5-11-41-21-27)37(47-35)20-38-32(10-14-44-40(50)28-8-6-12-42-22-28)26(4)36(48-38)19-34-24(2)16-29(46-34)17-33(23)45-30/h5-8,11-12,15-22,45-46H,9-10,13-14H2,1-4H3,(H,43,49)(H,44,50). The number of hydrogen-bond donors (Lipinski definition) is 4. The normalized spacial score (nSPS) is 12.7. The van der Waals surface area contributed by atoms with E-state index in [1.54, 1.807) is 49.1 Å². The average molecular weight is 663 g/mol. The van der Waals surface area contributed by atoms with Crippen LogP contribution in [0.25, 0.3) is 44.4 Å². The third-order valence-electron chi connectivity index (χ3n) is 9.24. The average Bonchev–Trinajstić information content (AvgIpc) is 3.82. The molecule has 2 amide bonds. The number of nitrogens with one attached hydrogen (secondary N) is 4. The second kappa shape index (κ2) is 13.8. The predicted molar refractivity (Wildman–Crippen MR) is 198 cm³/mol. The summed E-state index contributed by atoms with van der Waals surface area (Å²) in [6, 6.07) is 19.6. The quantitative estimate of drug-likeness (QED) is 0.138. The molecule has 5 aromatic rings. The number of aromatic amines is 2. The lowest BCUT2D eigenvalue weighted by atomic mass is 10.00. The van der Waals surface area contributed by atoms with Crippen LogP contribution in [0, 0.1) is 13.8 Å². The summed E-state index contributed by atoms with van der Waals surface area (Å²) in [6.07, 6.45) is 7.57. The van der Waals surface area contributed by atoms with E-state index in [9.17, 15) is 9.59 Å². The number of hydrogen-bond acceptors (Lipinski definition) is 6. The second-order valence-electron chi connectivity index (χ2n) is 12.7. The van der Waals surface area contributed by atoms with E-state index in [2.05, 4.69) is 88.6 Å². The van der Waals surface area contributed by atoms with Crippen LogP contribution in [0.4, 0.5) is 0 Å². The maximum absolute atomic E-state index is 12.8. The van der Waals surface area contributed by atoms with Crippen molar-refractivity contribution < 1.29 is 9.59 Å². The van der Waals surface area contributed by atoms with Crippen LogP contribution in [0.5, 0.6) is 0 Å². The minimum atomic E-state index is -0.171. The molecule has 4 N–H and O–H groups in total. The number of carbonyl (C=O) groups is 2. The van der Waals surface area contributed by atoms with E-state index in [4.69, 9.17) is 9.97 Å². The molecule has 0 atom stereocenters. The number of amides is 2. The summed E-state index contributed by atoms with van der Waals surface area (Å²) in [7, 11) is 0. The van der Waals surface area contributed by atoms with Crippen LogP contribution in [0.15, 0.2) is 85.5 Å². The molecule has 0 fully saturated rings. The lowest BCUT2D eigenvalue weighted by molar-refractivity contribution is 0.0946. The SMILES string of the molecule is CC1=C(CCNC(=O)c2cccnc2)c2cc3nc(cc4[nH]c(cc4C)cc4[nH]c(cc1n2)cc4C)C(C)=C3CCNC(=O)c1cccnc1. The van der Waals surface area contributed by atoms with Crippen LogP contribution in [0.1, 0.15) is 81.3 Å². The van der Waals surface area contributed by atoms with Crippen molar-refractivity contribution in [3.05, 3.63) is 130 Å². The molecule has 0 saturated carbocycles. The van der Waals surface area contributed by atoms with Crippen molar-refractivity contribution in [3.8, 4) is 0 Å². The maximum atomic E-state index is 12.8. The molecule has 0 unspecified atom stereocenters. The van der Waals surface area contributed by atoms with Gasteiger partial charge in [-0.05, 0) is 135 Å². The summed E-state index contributed by atoms with van der Waals surface area (Å²) < 4.78 is 0. The molecule has 50 heavy (non-hydrogen) atoms. The molecule has 0 radical (unpaired) electrons. The molecule has 250 valence electrons. The molecule has 8 bridgehead atoms. The monoisotopic (exact) mass is 662 g/mol. The minimum Gasteiger partial charge on any atom is -0.355 e. The van der Waals surface area contributed by atoms with E-state index in [0.29, 0.717) is 37.1 Å². The van der Waals surface area contributed by atoms with Gasteiger partial charge < -0.3 is 20.6 Å². The molecule has 5 aromatic heterocycles. The first-order valence-electron chi connectivity index (χ1n) is 16.7. The van der Waals surface area contributed by atoms with Gasteiger partial charge in [-0.3, -0.25) is 19.6 Å². The first-order chi connectivity index (χ1) is 24.2. The van der Waals surface area contributed by atoms with Gasteiger partial charge in [-0.2, -0.15) is 0 Å². The van der Waals surface area contributed by atoms with Crippen LogP contribution >= 0.6 is 0 Å². The third kappa shape index (κ3) is 6.73. The van der Waals surface area contributed by atoms with E-state index in [1.807, 2.05) is 6.07 Å². The lowest BCUT2D eigenvalue weighted by Crippen LogP contribution is -2.24. The van der Waals surface area contributed by atoms with Crippen molar-refractivity contribution in [2.75, 3.05) is 13.1 Å². The van der Waals surface area contributed by atoms with Crippen LogP contribution in [-0.4, -0.2) is 54.8 Å². The van der Waals surface area contributed by atoms with E-state index in [1.165, 1.54) is 0 Å². The molecule has 10 heteroatoms. The Hall–Kier alpha value is -6.16. The summed E-state index contributed by atoms with van der Waals surface area (Å²) >= 11 is 0. The Labute approximate surface area is 289 Å². The van der Waals surface area contributed by atoms with Gasteiger partial charge in [0, 0.05) is 59.9 Å². The first kappa shape index (κ1) is 32.4. The van der Waals surface area contributed by atoms with E-state index < -0.39 is 0 Å². The van der Waals surface area contributed by atoms with Crippen LogP contribution in [-0.2, 0) is 0 Å². The second-order valence-corrected chi connectivity index (χ2v) is 12.7. The molecule has 2 aliphatic rings. The summed E-state index contributed by atoms with van der Waals surface area (Å²) in [4.78, 5) is 51.2. The van der Waals surface area contributed by atoms with Crippen molar-refractivity contribution in [1.82, 2.24) is 40.5 Å². The highest BCUT2D eigenvalue weighted by molar-refractivity contribution is 5.97. The molecular formula is C40H38N8O2. The Bertz CT molecular complexity index is 2350. The Kier molecular flexibility index (Phi) is 8.91. The zero-order chi connectivity index (χ0) is 34.8. The predicted octanol–water partition coefficient (Wildman–Crippen LogP) is 7.22. The van der Waals surface area contributed by atoms with Crippen LogP contribution in [0.2, 0.25) is 0 Å². The Morgan fingerprint density at radius 3 is 1.58 bits per heavy atom. The number of allylic oxidation sites excluding steroid dienone is 2. The lowest BCUT2D eigenvalue weighted by Gasteiger charge is -2.09. The van der Waals surface area contributed by atoms with Gasteiger partial charge in [-0.25, -0.2) is 9.97 Å². The maximum Gasteiger partial charge on any atom is 0.252 e. The molecule has 10 nitrogen and oxygen atoms in total. The molecule has 2 aliphatic heterocycles. The molecule has 7 heterocycles. The summed E-state index contributed by atoms with van der Waals surface area (Å²) in [5.41, 5.74) is 14.7. The van der Waals surface area contributed by atoms with Crippen molar-refractivity contribution in [1.29, 1.82) is 0 Å². The van der Waals surface area contributed by atoms with Crippen LogP contribution in [0.3, 0.4) is 0 Å². The first-order valence-corrected chi connectivity index (χ1v) is 16.7. The fraction of sp³-hybridized carbons (Fsp3) is 0.200. The van der Waals surface area contributed by atoms with Crippen LogP contribution < -0.4 is 10.6 Å². The van der Waals surface area contributed by atoms with Crippen molar-refractivity contribution in [3.63, 3.8) is 0 Å². The van der Waals surface area contributed by atoms with Gasteiger partial charge in [0.2, 0.25) is 0 Å². The molecular weight excluding hydrogens is 624 g/mol. The van der Waals surface area contributed by atoms with Crippen molar-refractivity contribution in [2.45, 2.75) is 40.5 Å². The van der Waals surface area contributed by atoms with E-state index in [0.717, 1.165) is 78.3 Å². The highest BCUT2D eigenvalue weighted by Crippen LogP contribution is 2.36. The fourth-order valence-corrected chi connectivity index (χ4v) is 6.43. The van der Waals surface area contributed by atoms with E-state index in [-0.39, 0.29) is 11.8 Å². The summed E-state index contributed by atoms with van der Waals surface area (Å²) in [5, 5.41) is 6.08. The Morgan fingerprint density at radius 2 is 1.08 bits per heavy atom. The highest BCUT2D eigenvalue weighted by Gasteiger charge is 2.22. The number of aromatic nitrogens is 6. The topological polar surface area (TPSA) is 141 Å². The van der Waals surface area contributed by atoms with Crippen molar-refractivity contribution >= 4 is 56.2 Å². The number of carbonyl (C=O) groups excluding carboxylic acids is 2. The summed E-state index contributed by atoms with van der Waals surface area (Å²) in [6.45, 7) is 9.19. The van der Waals surface area contributed by atoms with Gasteiger partial charge in [0.15, 0.2) is 0 Å². The number of rotatable bonds is 8. The molecule has 0 saturated heterocycles. The van der Waals surface area contributed by atoms with Gasteiger partial charge in [-0.1, -0.05) is 0 Å². The third-order valence-corrected chi connectivity index (χ3v) is 9.24. The van der Waals surface area contributed by atoms with Gasteiger partial charge in [0.05, 0.1) is 33.9 Å². The largest absolute Gasteiger partial charge is 0.355 e. The molecule has 0 aliphatic carbocycles. The van der Waals surface area contributed by atoms with Gasteiger partial charge in [0.25, 0.3) is 11.8 Å². The number of H-pyrrole nitrogens is 2. The summed E-state index contributed by atoms with van der Waals surface area (Å²) in [5.74, 6) is -0.342. The molecule has 0 aromatic carbocycles. The Morgan fingerprint density at radius 1 is 0.600 bits per heavy atom. The molecule has 0 spiro atoms. The number of aryl methyl sites for hydroxylation is 2. The Balaban J connectivity index is 1.31. The highest BCUT2D eigenvalue weighted by atomic mass is 16.2. The zero-order valence-corrected chi connectivity index (χ0v) is 28.5.